The van der Waals surface area contributed by atoms with E-state index >= 15 is 0 Å². The monoisotopic (exact) mass is 515 g/mol. The molecule has 6 N–H and O–H groups in total. The molecule has 2 rings (SSSR count). The molecule has 204 valence electrons. The first kappa shape index (κ1) is 29.7. The van der Waals surface area contributed by atoms with Gasteiger partial charge < -0.3 is 31.4 Å². The van der Waals surface area contributed by atoms with Crippen LogP contribution in [0.15, 0.2) is 30.5 Å². The zero-order valence-corrected chi connectivity index (χ0v) is 22.8. The van der Waals surface area contributed by atoms with Crippen molar-refractivity contribution in [1.29, 1.82) is 0 Å². The lowest BCUT2D eigenvalue weighted by atomic mass is 9.99. The molecule has 0 aliphatic carbocycles. The van der Waals surface area contributed by atoms with E-state index in [9.17, 15) is 19.2 Å². The number of fused-ring (bicyclic) bond motifs is 1. The third-order valence-corrected chi connectivity index (χ3v) is 5.72. The SMILES string of the molecule is CC(C)C[C@H](NC(=O)[C@@H](NC(=O)[C@H](Cc1c[nH]c2ccccc12)NC(=O)OC(C)(C)C)C(C)C)C(N)=O. The molecule has 1 aromatic heterocycles. The Hall–Kier alpha value is -3.56. The number of ether oxygens (including phenoxy) is 1. The number of amides is 4. The summed E-state index contributed by atoms with van der Waals surface area (Å²) in [6, 6.07) is 4.80. The second kappa shape index (κ2) is 12.6. The van der Waals surface area contributed by atoms with Gasteiger partial charge in [-0.15, -0.1) is 0 Å². The molecule has 0 radical (unpaired) electrons. The lowest BCUT2D eigenvalue weighted by molar-refractivity contribution is -0.133. The average molecular weight is 516 g/mol. The number of benzene rings is 1. The standard InChI is InChI=1S/C27H41N5O5/c1-15(2)12-20(23(28)33)30-25(35)22(16(3)4)32-24(34)21(31-26(36)37-27(5,6)7)13-17-14-29-19-11-9-8-10-18(17)19/h8-11,14-16,20-22,29H,12-13H2,1-7H3,(H2,28,33)(H,30,35)(H,31,36)(H,32,34)/t20-,21-,22-/m0/s1. The van der Waals surface area contributed by atoms with E-state index in [1.54, 1.807) is 40.8 Å². The molecule has 0 unspecified atom stereocenters. The van der Waals surface area contributed by atoms with Crippen molar-refractivity contribution in [3.63, 3.8) is 0 Å². The summed E-state index contributed by atoms with van der Waals surface area (Å²) < 4.78 is 5.37. The zero-order valence-electron chi connectivity index (χ0n) is 22.8. The Kier molecular flexibility index (Phi) is 10.1. The van der Waals surface area contributed by atoms with Gasteiger partial charge in [0, 0.05) is 23.5 Å². The number of nitrogens with one attached hydrogen (secondary N) is 4. The first-order chi connectivity index (χ1) is 17.2. The Balaban J connectivity index is 2.27. The van der Waals surface area contributed by atoms with Crippen molar-refractivity contribution in [3.05, 3.63) is 36.0 Å². The fourth-order valence-corrected chi connectivity index (χ4v) is 3.95. The molecule has 0 spiro atoms. The Morgan fingerprint density at radius 1 is 0.946 bits per heavy atom. The molecule has 0 aliphatic rings. The van der Waals surface area contributed by atoms with E-state index < -0.39 is 47.5 Å². The van der Waals surface area contributed by atoms with Crippen molar-refractivity contribution < 1.29 is 23.9 Å². The molecule has 1 heterocycles. The number of primary amides is 1. The first-order valence-electron chi connectivity index (χ1n) is 12.6. The largest absolute Gasteiger partial charge is 0.444 e. The number of carbonyl (C=O) groups is 4. The minimum Gasteiger partial charge on any atom is -0.444 e. The molecular weight excluding hydrogens is 474 g/mol. The summed E-state index contributed by atoms with van der Waals surface area (Å²) in [7, 11) is 0. The number of hydrogen-bond donors (Lipinski definition) is 5. The van der Waals surface area contributed by atoms with Crippen LogP contribution in [0, 0.1) is 11.8 Å². The van der Waals surface area contributed by atoms with Gasteiger partial charge in [-0.25, -0.2) is 4.79 Å². The number of hydrogen-bond acceptors (Lipinski definition) is 5. The summed E-state index contributed by atoms with van der Waals surface area (Å²) in [6.45, 7) is 12.6. The first-order valence-corrected chi connectivity index (χ1v) is 12.6. The summed E-state index contributed by atoms with van der Waals surface area (Å²) in [5.41, 5.74) is 6.44. The van der Waals surface area contributed by atoms with Crippen molar-refractivity contribution in [3.8, 4) is 0 Å². The Morgan fingerprint density at radius 2 is 1.59 bits per heavy atom. The van der Waals surface area contributed by atoms with Crippen LogP contribution in [-0.4, -0.2) is 52.5 Å². The van der Waals surface area contributed by atoms with Crippen LogP contribution in [0.3, 0.4) is 0 Å². The minimum absolute atomic E-state index is 0.128. The molecule has 0 bridgehead atoms. The van der Waals surface area contributed by atoms with Gasteiger partial charge in [0.15, 0.2) is 0 Å². The van der Waals surface area contributed by atoms with E-state index in [2.05, 4.69) is 20.9 Å². The maximum Gasteiger partial charge on any atom is 0.408 e. The zero-order chi connectivity index (χ0) is 27.9. The Morgan fingerprint density at radius 3 is 2.16 bits per heavy atom. The predicted octanol–water partition coefficient (Wildman–Crippen LogP) is 2.76. The van der Waals surface area contributed by atoms with E-state index in [1.165, 1.54) is 0 Å². The van der Waals surface area contributed by atoms with Crippen molar-refractivity contribution in [2.75, 3.05) is 0 Å². The van der Waals surface area contributed by atoms with E-state index in [0.29, 0.717) is 6.42 Å². The highest BCUT2D eigenvalue weighted by atomic mass is 16.6. The molecule has 0 saturated heterocycles. The molecule has 37 heavy (non-hydrogen) atoms. The number of carbonyl (C=O) groups excluding carboxylic acids is 4. The van der Waals surface area contributed by atoms with Crippen LogP contribution in [0.25, 0.3) is 10.9 Å². The van der Waals surface area contributed by atoms with Crippen LogP contribution < -0.4 is 21.7 Å². The van der Waals surface area contributed by atoms with Gasteiger partial charge in [-0.05, 0) is 50.7 Å². The van der Waals surface area contributed by atoms with Crippen LogP contribution >= 0.6 is 0 Å². The van der Waals surface area contributed by atoms with Crippen LogP contribution in [0.4, 0.5) is 4.79 Å². The van der Waals surface area contributed by atoms with E-state index in [1.807, 2.05) is 38.1 Å². The predicted molar refractivity (Wildman–Crippen MR) is 143 cm³/mol. The third kappa shape index (κ3) is 9.11. The number of rotatable bonds is 11. The lowest BCUT2D eigenvalue weighted by Crippen LogP contribution is -2.58. The molecule has 0 fully saturated rings. The van der Waals surface area contributed by atoms with Gasteiger partial charge in [-0.2, -0.15) is 0 Å². The molecule has 10 heteroatoms. The summed E-state index contributed by atoms with van der Waals surface area (Å²) >= 11 is 0. The second-order valence-corrected chi connectivity index (χ2v) is 11.1. The van der Waals surface area contributed by atoms with Crippen LogP contribution in [-0.2, 0) is 25.5 Å². The molecule has 1 aromatic carbocycles. The van der Waals surface area contributed by atoms with Crippen LogP contribution in [0.5, 0.6) is 0 Å². The number of para-hydroxylation sites is 1. The Labute approximate surface area is 218 Å². The summed E-state index contributed by atoms with van der Waals surface area (Å²) in [6.07, 6.45) is 1.59. The molecule has 10 nitrogen and oxygen atoms in total. The van der Waals surface area contributed by atoms with Gasteiger partial charge in [0.2, 0.25) is 17.7 Å². The van der Waals surface area contributed by atoms with Crippen molar-refractivity contribution in [2.45, 2.75) is 85.0 Å². The van der Waals surface area contributed by atoms with Crippen molar-refractivity contribution in [2.24, 2.45) is 17.6 Å². The van der Waals surface area contributed by atoms with Gasteiger partial charge in [-0.3, -0.25) is 14.4 Å². The fourth-order valence-electron chi connectivity index (χ4n) is 3.95. The molecule has 4 amide bonds. The minimum atomic E-state index is -1.02. The highest BCUT2D eigenvalue weighted by Gasteiger charge is 2.32. The maximum absolute atomic E-state index is 13.5. The molecule has 0 aliphatic heterocycles. The van der Waals surface area contributed by atoms with Crippen LogP contribution in [0.1, 0.15) is 60.5 Å². The number of nitrogens with two attached hydrogens (primary N) is 1. The van der Waals surface area contributed by atoms with Gasteiger partial charge in [0.05, 0.1) is 0 Å². The van der Waals surface area contributed by atoms with Gasteiger partial charge in [-0.1, -0.05) is 45.9 Å². The van der Waals surface area contributed by atoms with E-state index in [4.69, 9.17) is 10.5 Å². The third-order valence-electron chi connectivity index (χ3n) is 5.72. The summed E-state index contributed by atoms with van der Waals surface area (Å²) in [5, 5.41) is 9.00. The van der Waals surface area contributed by atoms with Gasteiger partial charge in [0.1, 0.15) is 23.7 Å². The number of H-pyrrole nitrogens is 1. The number of alkyl carbamates (subject to hydrolysis) is 1. The van der Waals surface area contributed by atoms with E-state index in [0.717, 1.165) is 16.5 Å². The van der Waals surface area contributed by atoms with Gasteiger partial charge >= 0.3 is 6.09 Å². The second-order valence-electron chi connectivity index (χ2n) is 11.1. The van der Waals surface area contributed by atoms with E-state index in [-0.39, 0.29) is 18.3 Å². The highest BCUT2D eigenvalue weighted by Crippen LogP contribution is 2.20. The quantitative estimate of drug-likeness (QED) is 0.311. The average Bonchev–Trinajstić information content (AvgIpc) is 3.17. The van der Waals surface area contributed by atoms with Crippen LogP contribution in [0.2, 0.25) is 0 Å². The fraction of sp³-hybridized carbons (Fsp3) is 0.556. The summed E-state index contributed by atoms with van der Waals surface area (Å²) in [4.78, 5) is 54.2. The highest BCUT2D eigenvalue weighted by molar-refractivity contribution is 5.94. The molecule has 2 aromatic rings. The lowest BCUT2D eigenvalue weighted by Gasteiger charge is -2.28. The summed E-state index contributed by atoms with van der Waals surface area (Å²) in [5.74, 6) is -1.88. The number of aromatic nitrogens is 1. The normalized spacial score (nSPS) is 14.2. The molecule has 3 atom stereocenters. The smallest absolute Gasteiger partial charge is 0.408 e. The Bertz CT molecular complexity index is 1100. The van der Waals surface area contributed by atoms with Crippen molar-refractivity contribution >= 4 is 34.7 Å². The molecule has 0 saturated carbocycles. The number of aromatic amines is 1. The molecular formula is C27H41N5O5. The topological polar surface area (TPSA) is 155 Å². The van der Waals surface area contributed by atoms with Crippen molar-refractivity contribution in [1.82, 2.24) is 20.9 Å². The van der Waals surface area contributed by atoms with Gasteiger partial charge in [0.25, 0.3) is 0 Å². The maximum atomic E-state index is 13.5.